The number of carbonyl (C=O) groups excluding carboxylic acids is 1. The third-order valence-electron chi connectivity index (χ3n) is 5.17. The van der Waals surface area contributed by atoms with Crippen LogP contribution in [0.15, 0.2) is 84.9 Å². The molecule has 0 atom stereocenters. The summed E-state index contributed by atoms with van der Waals surface area (Å²) in [6.07, 6.45) is 0.755. The van der Waals surface area contributed by atoms with Crippen LogP contribution in [0, 0.1) is 0 Å². The van der Waals surface area contributed by atoms with Gasteiger partial charge in [-0.3, -0.25) is 4.79 Å². The first kappa shape index (κ1) is 21.2. The maximum atomic E-state index is 13.1. The number of carbonyl (C=O) groups is 1. The first-order valence-corrected chi connectivity index (χ1v) is 10.4. The summed E-state index contributed by atoms with van der Waals surface area (Å²) in [7, 11) is 3.21. The van der Waals surface area contributed by atoms with E-state index in [0.29, 0.717) is 29.4 Å². The SMILES string of the molecule is COc1ccc(-c2cc(C(=O)NCCc3ccccc3)n(-c3ccccc3)n2)c(OC)c1. The van der Waals surface area contributed by atoms with Crippen molar-refractivity contribution >= 4 is 5.91 Å². The van der Waals surface area contributed by atoms with Crippen LogP contribution in [0.1, 0.15) is 16.1 Å². The van der Waals surface area contributed by atoms with Crippen LogP contribution < -0.4 is 14.8 Å². The number of benzene rings is 3. The number of para-hydroxylation sites is 1. The van der Waals surface area contributed by atoms with Gasteiger partial charge in [-0.1, -0.05) is 48.5 Å². The van der Waals surface area contributed by atoms with E-state index in [0.717, 1.165) is 17.7 Å². The molecular weight excluding hydrogens is 402 g/mol. The van der Waals surface area contributed by atoms with Crippen LogP contribution in [0.3, 0.4) is 0 Å². The lowest BCUT2D eigenvalue weighted by Crippen LogP contribution is -2.27. The predicted molar refractivity (Wildman–Crippen MR) is 125 cm³/mol. The molecule has 1 heterocycles. The smallest absolute Gasteiger partial charge is 0.270 e. The summed E-state index contributed by atoms with van der Waals surface area (Å²) in [4.78, 5) is 13.1. The van der Waals surface area contributed by atoms with Gasteiger partial charge in [-0.25, -0.2) is 4.68 Å². The van der Waals surface area contributed by atoms with Gasteiger partial charge in [-0.05, 0) is 42.3 Å². The Balaban J connectivity index is 1.65. The molecule has 0 aliphatic rings. The molecule has 0 aliphatic carbocycles. The second kappa shape index (κ2) is 9.83. The maximum absolute atomic E-state index is 13.1. The quantitative estimate of drug-likeness (QED) is 0.449. The van der Waals surface area contributed by atoms with E-state index in [1.165, 1.54) is 5.56 Å². The second-order valence-corrected chi connectivity index (χ2v) is 7.22. The van der Waals surface area contributed by atoms with Gasteiger partial charge in [0, 0.05) is 18.2 Å². The van der Waals surface area contributed by atoms with Gasteiger partial charge >= 0.3 is 0 Å². The van der Waals surface area contributed by atoms with Gasteiger partial charge in [0.05, 0.1) is 25.6 Å². The fourth-order valence-electron chi connectivity index (χ4n) is 3.51. The molecule has 32 heavy (non-hydrogen) atoms. The summed E-state index contributed by atoms with van der Waals surface area (Å²) in [5.74, 6) is 1.13. The van der Waals surface area contributed by atoms with E-state index in [9.17, 15) is 4.79 Å². The average Bonchev–Trinajstić information content (AvgIpc) is 3.30. The highest BCUT2D eigenvalue weighted by atomic mass is 16.5. The number of methoxy groups -OCH3 is 2. The first-order chi connectivity index (χ1) is 15.7. The van der Waals surface area contributed by atoms with E-state index >= 15 is 0 Å². The molecule has 0 unspecified atom stereocenters. The van der Waals surface area contributed by atoms with Crippen LogP contribution in [0.4, 0.5) is 0 Å². The highest BCUT2D eigenvalue weighted by Gasteiger charge is 2.19. The summed E-state index contributed by atoms with van der Waals surface area (Å²) in [5, 5.41) is 7.76. The largest absolute Gasteiger partial charge is 0.497 e. The number of rotatable bonds is 8. The number of aromatic nitrogens is 2. The zero-order chi connectivity index (χ0) is 22.3. The molecule has 0 aliphatic heterocycles. The monoisotopic (exact) mass is 427 g/mol. The molecule has 0 spiro atoms. The second-order valence-electron chi connectivity index (χ2n) is 7.22. The van der Waals surface area contributed by atoms with Crippen LogP contribution in [-0.4, -0.2) is 36.5 Å². The molecular formula is C26H25N3O3. The Labute approximate surface area is 187 Å². The highest BCUT2D eigenvalue weighted by Crippen LogP contribution is 2.33. The van der Waals surface area contributed by atoms with E-state index in [1.807, 2.05) is 60.7 Å². The summed E-state index contributed by atoms with van der Waals surface area (Å²) in [6, 6.07) is 27.0. The lowest BCUT2D eigenvalue weighted by molar-refractivity contribution is 0.0946. The van der Waals surface area contributed by atoms with Crippen LogP contribution in [0.5, 0.6) is 11.5 Å². The molecule has 4 rings (SSSR count). The number of nitrogens with one attached hydrogen (secondary N) is 1. The molecule has 4 aromatic rings. The molecule has 6 heteroatoms. The molecule has 1 N–H and O–H groups in total. The maximum Gasteiger partial charge on any atom is 0.270 e. The lowest BCUT2D eigenvalue weighted by atomic mass is 10.1. The van der Waals surface area contributed by atoms with Crippen molar-refractivity contribution in [1.82, 2.24) is 15.1 Å². The van der Waals surface area contributed by atoms with Crippen LogP contribution in [-0.2, 0) is 6.42 Å². The van der Waals surface area contributed by atoms with Crippen LogP contribution in [0.2, 0.25) is 0 Å². The van der Waals surface area contributed by atoms with E-state index in [1.54, 1.807) is 31.0 Å². The van der Waals surface area contributed by atoms with Crippen molar-refractivity contribution in [3.8, 4) is 28.4 Å². The normalized spacial score (nSPS) is 10.6. The van der Waals surface area contributed by atoms with Crippen molar-refractivity contribution in [2.24, 2.45) is 0 Å². The van der Waals surface area contributed by atoms with Crippen LogP contribution >= 0.6 is 0 Å². The van der Waals surface area contributed by atoms with Crippen molar-refractivity contribution in [1.29, 1.82) is 0 Å². The first-order valence-electron chi connectivity index (χ1n) is 10.4. The Bertz CT molecular complexity index is 1190. The van der Waals surface area contributed by atoms with Crippen molar-refractivity contribution in [3.05, 3.63) is 96.2 Å². The van der Waals surface area contributed by atoms with Crippen molar-refractivity contribution in [2.75, 3.05) is 20.8 Å². The number of hydrogen-bond acceptors (Lipinski definition) is 4. The number of nitrogens with zero attached hydrogens (tertiary/aromatic N) is 2. The van der Waals surface area contributed by atoms with Gasteiger partial charge in [-0.15, -0.1) is 0 Å². The minimum atomic E-state index is -0.184. The average molecular weight is 428 g/mol. The molecule has 6 nitrogen and oxygen atoms in total. The fraction of sp³-hybridized carbons (Fsp3) is 0.154. The molecule has 0 bridgehead atoms. The minimum Gasteiger partial charge on any atom is -0.497 e. The summed E-state index contributed by atoms with van der Waals surface area (Å²) < 4.78 is 12.5. The Kier molecular flexibility index (Phi) is 6.51. The van der Waals surface area contributed by atoms with E-state index in [2.05, 4.69) is 17.4 Å². The Hall–Kier alpha value is -4.06. The topological polar surface area (TPSA) is 65.4 Å². The van der Waals surface area contributed by atoms with E-state index in [-0.39, 0.29) is 5.91 Å². The molecule has 0 radical (unpaired) electrons. The molecule has 162 valence electrons. The zero-order valence-electron chi connectivity index (χ0n) is 18.1. The number of amides is 1. The third-order valence-corrected chi connectivity index (χ3v) is 5.17. The lowest BCUT2D eigenvalue weighted by Gasteiger charge is -2.09. The Morgan fingerprint density at radius 1 is 0.906 bits per heavy atom. The molecule has 1 aromatic heterocycles. The van der Waals surface area contributed by atoms with Crippen molar-refractivity contribution < 1.29 is 14.3 Å². The molecule has 3 aromatic carbocycles. The Morgan fingerprint density at radius 3 is 2.31 bits per heavy atom. The molecule has 1 amide bonds. The summed E-state index contributed by atoms with van der Waals surface area (Å²) in [6.45, 7) is 0.532. The fourth-order valence-corrected chi connectivity index (χ4v) is 3.51. The third kappa shape index (κ3) is 4.64. The summed E-state index contributed by atoms with van der Waals surface area (Å²) in [5.41, 5.74) is 3.85. The standard InChI is InChI=1S/C26H25N3O3/c1-31-21-13-14-22(25(17-21)32-2)23-18-24(29(28-23)20-11-7-4-8-12-20)26(30)27-16-15-19-9-5-3-6-10-19/h3-14,17-18H,15-16H2,1-2H3,(H,27,30). The minimum absolute atomic E-state index is 0.184. The van der Waals surface area contributed by atoms with Crippen molar-refractivity contribution in [2.45, 2.75) is 6.42 Å². The van der Waals surface area contributed by atoms with E-state index in [4.69, 9.17) is 14.6 Å². The predicted octanol–water partition coefficient (Wildman–Crippen LogP) is 4.53. The Morgan fingerprint density at radius 2 is 1.62 bits per heavy atom. The van der Waals surface area contributed by atoms with Gasteiger partial charge in [0.1, 0.15) is 17.2 Å². The summed E-state index contributed by atoms with van der Waals surface area (Å²) >= 11 is 0. The number of ether oxygens (including phenoxy) is 2. The van der Waals surface area contributed by atoms with Crippen LogP contribution in [0.25, 0.3) is 16.9 Å². The van der Waals surface area contributed by atoms with Gasteiger partial charge in [0.15, 0.2) is 0 Å². The molecule has 0 fully saturated rings. The van der Waals surface area contributed by atoms with Gasteiger partial charge < -0.3 is 14.8 Å². The van der Waals surface area contributed by atoms with Gasteiger partial charge in [0.2, 0.25) is 0 Å². The van der Waals surface area contributed by atoms with Crippen molar-refractivity contribution in [3.63, 3.8) is 0 Å². The molecule has 0 saturated carbocycles. The zero-order valence-corrected chi connectivity index (χ0v) is 18.1. The van der Waals surface area contributed by atoms with Gasteiger partial charge in [-0.2, -0.15) is 5.10 Å². The highest BCUT2D eigenvalue weighted by molar-refractivity contribution is 5.94. The number of hydrogen-bond donors (Lipinski definition) is 1. The van der Waals surface area contributed by atoms with E-state index < -0.39 is 0 Å². The van der Waals surface area contributed by atoms with Gasteiger partial charge in [0.25, 0.3) is 5.91 Å². The molecule has 0 saturated heterocycles.